The zero-order valence-electron chi connectivity index (χ0n) is 30.3. The van der Waals surface area contributed by atoms with Crippen molar-refractivity contribution in [3.63, 3.8) is 0 Å². The van der Waals surface area contributed by atoms with Crippen LogP contribution in [-0.4, -0.2) is 69.2 Å². The number of sulfonamides is 1. The van der Waals surface area contributed by atoms with Gasteiger partial charge in [-0.25, -0.2) is 22.4 Å². The molecule has 0 amide bonds. The fourth-order valence-electron chi connectivity index (χ4n) is 6.95. The standard InChI is InChI=1S/C40H38Cl2F3N3O8S/c41-31-19-46-20-32(42)30(31)18-34(26-8-11-33(56-40(44)45)35(17-26)53-22-23-4-5-23)54-38(49)27-2-1-3-29(16-27)57(51,52)47-37(25-6-9-28(43)10-7-25)39(50)55-36-21-48-14-12-24(36)13-15-48/h1-3,6-11,16-17,19-20,23-24,34,36-37,40,47H,4-5,12-15,18,21-22H2/t34-,36-,37?/m0/s1. The van der Waals surface area contributed by atoms with E-state index in [4.69, 9.17) is 37.4 Å². The first kappa shape index (κ1) is 40.8. The number of carbonyl (C=O) groups excluding carboxylic acids is 2. The number of hydrogen-bond donors (Lipinski definition) is 1. The summed E-state index contributed by atoms with van der Waals surface area (Å²) in [6, 6.07) is 12.4. The molecule has 1 N–H and O–H groups in total. The molecule has 2 bridgehead atoms. The number of nitrogens with zero attached hydrogens (tertiary/aromatic N) is 2. The molecule has 4 heterocycles. The Morgan fingerprint density at radius 2 is 1.61 bits per heavy atom. The summed E-state index contributed by atoms with van der Waals surface area (Å²) < 4.78 is 93.1. The largest absolute Gasteiger partial charge is 0.489 e. The van der Waals surface area contributed by atoms with Crippen molar-refractivity contribution in [2.24, 2.45) is 11.8 Å². The van der Waals surface area contributed by atoms with Gasteiger partial charge < -0.3 is 18.9 Å². The summed E-state index contributed by atoms with van der Waals surface area (Å²) in [4.78, 5) is 33.3. The summed E-state index contributed by atoms with van der Waals surface area (Å²) in [7, 11) is -4.54. The van der Waals surface area contributed by atoms with Crippen LogP contribution in [0.4, 0.5) is 13.2 Å². The van der Waals surface area contributed by atoms with E-state index in [9.17, 15) is 31.2 Å². The van der Waals surface area contributed by atoms with Crippen LogP contribution in [-0.2, 0) is 30.7 Å². The Kier molecular flexibility index (Phi) is 12.6. The normalized spacial score (nSPS) is 20.1. The second-order valence-corrected chi connectivity index (χ2v) is 16.8. The molecule has 1 aromatic heterocycles. The van der Waals surface area contributed by atoms with Crippen LogP contribution in [0.3, 0.4) is 0 Å². The molecule has 8 rings (SSSR count). The number of piperidine rings is 3. The first-order valence-electron chi connectivity index (χ1n) is 18.3. The number of ether oxygens (including phenoxy) is 4. The van der Waals surface area contributed by atoms with Crippen LogP contribution >= 0.6 is 23.2 Å². The van der Waals surface area contributed by atoms with Gasteiger partial charge >= 0.3 is 18.6 Å². The molecule has 4 fully saturated rings. The fourth-order valence-corrected chi connectivity index (χ4v) is 8.69. The van der Waals surface area contributed by atoms with E-state index in [2.05, 4.69) is 19.3 Å². The maximum atomic E-state index is 13.9. The van der Waals surface area contributed by atoms with Crippen LogP contribution < -0.4 is 14.2 Å². The fraction of sp³-hybridized carbons (Fsp3) is 0.375. The van der Waals surface area contributed by atoms with E-state index in [0.717, 1.165) is 57.0 Å². The highest BCUT2D eigenvalue weighted by Gasteiger charge is 2.39. The number of alkyl halides is 2. The van der Waals surface area contributed by atoms with E-state index in [1.165, 1.54) is 60.9 Å². The van der Waals surface area contributed by atoms with Crippen LogP contribution in [0.2, 0.25) is 10.0 Å². The van der Waals surface area contributed by atoms with Crippen LogP contribution in [0.15, 0.2) is 84.0 Å². The lowest BCUT2D eigenvalue weighted by atomic mass is 9.86. The van der Waals surface area contributed by atoms with E-state index >= 15 is 0 Å². The number of halogens is 5. The zero-order chi connectivity index (χ0) is 40.3. The number of rotatable bonds is 16. The van der Waals surface area contributed by atoms with Gasteiger partial charge in [0.1, 0.15) is 24.1 Å². The molecule has 3 atom stereocenters. The average Bonchev–Trinajstić information content (AvgIpc) is 4.03. The number of carbonyl (C=O) groups is 2. The number of aromatic nitrogens is 1. The van der Waals surface area contributed by atoms with E-state index in [0.29, 0.717) is 17.7 Å². The molecule has 3 aromatic carbocycles. The van der Waals surface area contributed by atoms with Crippen molar-refractivity contribution in [3.8, 4) is 11.5 Å². The predicted octanol–water partition coefficient (Wildman–Crippen LogP) is 7.72. The van der Waals surface area contributed by atoms with E-state index in [-0.39, 0.29) is 62.4 Å². The molecule has 3 aliphatic heterocycles. The lowest BCUT2D eigenvalue weighted by Crippen LogP contribution is -2.52. The summed E-state index contributed by atoms with van der Waals surface area (Å²) in [6.45, 7) is -0.523. The topological polar surface area (TPSA) is 133 Å². The van der Waals surface area contributed by atoms with E-state index < -0.39 is 52.6 Å². The zero-order valence-corrected chi connectivity index (χ0v) is 32.6. The first-order valence-corrected chi connectivity index (χ1v) is 20.6. The number of fused-ring (bicyclic) bond motifs is 3. The smallest absolute Gasteiger partial charge is 0.387 e. The molecule has 1 unspecified atom stereocenters. The minimum Gasteiger partial charge on any atom is -0.489 e. The van der Waals surface area contributed by atoms with E-state index in [1.54, 1.807) is 0 Å². The third-order valence-electron chi connectivity index (χ3n) is 10.3. The molecule has 4 aromatic rings. The Labute approximate surface area is 337 Å². The van der Waals surface area contributed by atoms with Crippen molar-refractivity contribution in [1.29, 1.82) is 0 Å². The van der Waals surface area contributed by atoms with Gasteiger partial charge in [0.25, 0.3) is 0 Å². The van der Waals surface area contributed by atoms with Gasteiger partial charge in [0, 0.05) is 25.4 Å². The molecular formula is C40H38Cl2F3N3O8S. The van der Waals surface area contributed by atoms with Gasteiger partial charge in [0.2, 0.25) is 10.0 Å². The highest BCUT2D eigenvalue weighted by Crippen LogP contribution is 2.38. The highest BCUT2D eigenvalue weighted by molar-refractivity contribution is 7.89. The van der Waals surface area contributed by atoms with Gasteiger partial charge in [-0.1, -0.05) is 47.5 Å². The molecule has 57 heavy (non-hydrogen) atoms. The van der Waals surface area contributed by atoms with Gasteiger partial charge in [-0.15, -0.1) is 0 Å². The Morgan fingerprint density at radius 1 is 0.912 bits per heavy atom. The van der Waals surface area contributed by atoms with Gasteiger partial charge in [-0.3, -0.25) is 9.88 Å². The Morgan fingerprint density at radius 3 is 2.26 bits per heavy atom. The first-order chi connectivity index (χ1) is 27.3. The Bertz CT molecular complexity index is 2190. The van der Waals surface area contributed by atoms with Gasteiger partial charge in [-0.2, -0.15) is 13.5 Å². The summed E-state index contributed by atoms with van der Waals surface area (Å²) in [6.07, 6.45) is 4.62. The molecule has 0 spiro atoms. The van der Waals surface area contributed by atoms with Crippen molar-refractivity contribution in [2.75, 3.05) is 26.2 Å². The monoisotopic (exact) mass is 847 g/mol. The van der Waals surface area contributed by atoms with Crippen molar-refractivity contribution in [3.05, 3.63) is 117 Å². The van der Waals surface area contributed by atoms with Crippen molar-refractivity contribution in [1.82, 2.24) is 14.6 Å². The van der Waals surface area contributed by atoms with E-state index in [1.807, 2.05) is 0 Å². The van der Waals surface area contributed by atoms with Gasteiger partial charge in [0.15, 0.2) is 11.5 Å². The second kappa shape index (κ2) is 17.6. The number of nitrogens with one attached hydrogen (secondary N) is 1. The summed E-state index contributed by atoms with van der Waals surface area (Å²) in [5.41, 5.74) is 0.667. The van der Waals surface area contributed by atoms with Crippen molar-refractivity contribution < 1.29 is 50.1 Å². The second-order valence-electron chi connectivity index (χ2n) is 14.3. The van der Waals surface area contributed by atoms with Crippen molar-refractivity contribution >= 4 is 45.2 Å². The molecule has 3 saturated heterocycles. The lowest BCUT2D eigenvalue weighted by molar-refractivity contribution is -0.161. The lowest BCUT2D eigenvalue weighted by Gasteiger charge is -2.44. The Balaban J connectivity index is 1.15. The number of hydrogen-bond acceptors (Lipinski definition) is 10. The van der Waals surface area contributed by atoms with Crippen LogP contribution in [0.1, 0.15) is 64.9 Å². The maximum absolute atomic E-state index is 13.9. The summed E-state index contributed by atoms with van der Waals surface area (Å²) in [5, 5.41) is 0.349. The summed E-state index contributed by atoms with van der Waals surface area (Å²) >= 11 is 12.9. The maximum Gasteiger partial charge on any atom is 0.387 e. The van der Waals surface area contributed by atoms with Gasteiger partial charge in [0.05, 0.1) is 27.1 Å². The van der Waals surface area contributed by atoms with Crippen molar-refractivity contribution in [2.45, 2.75) is 61.9 Å². The molecule has 0 radical (unpaired) electrons. The highest BCUT2D eigenvalue weighted by atomic mass is 35.5. The molecule has 1 saturated carbocycles. The number of esters is 2. The minimum absolute atomic E-state index is 0.00886. The van der Waals surface area contributed by atoms with Gasteiger partial charge in [-0.05, 0) is 110 Å². The molecule has 302 valence electrons. The Hall–Kier alpha value is -4.41. The molecule has 1 aliphatic carbocycles. The third-order valence-corrected chi connectivity index (χ3v) is 12.3. The molecule has 17 heteroatoms. The number of benzene rings is 3. The quantitative estimate of drug-likeness (QED) is 0.112. The minimum atomic E-state index is -4.54. The molecular weight excluding hydrogens is 810 g/mol. The SMILES string of the molecule is O=C(O[C@@H](Cc1c(Cl)cncc1Cl)c1ccc(OC(F)F)c(OCC2CC2)c1)c1cccc(S(=O)(=O)NC(C(=O)O[C@H]2CN3CCC2CC3)c2ccc(F)cc2)c1. The molecule has 4 aliphatic rings. The average molecular weight is 849 g/mol. The predicted molar refractivity (Wildman–Crippen MR) is 202 cm³/mol. The number of pyridine rings is 1. The third kappa shape index (κ3) is 10.2. The van der Waals surface area contributed by atoms with Crippen LogP contribution in [0.25, 0.3) is 0 Å². The van der Waals surface area contributed by atoms with Crippen LogP contribution in [0.5, 0.6) is 11.5 Å². The van der Waals surface area contributed by atoms with Crippen LogP contribution in [0, 0.1) is 17.7 Å². The summed E-state index contributed by atoms with van der Waals surface area (Å²) in [5.74, 6) is -2.16. The molecule has 11 nitrogen and oxygen atoms in total.